The normalized spacial score (nSPS) is 17.5. The Morgan fingerprint density at radius 2 is 2.23 bits per heavy atom. The number of carbonyl (C=O) groups excluding carboxylic acids is 1. The van der Waals surface area contributed by atoms with Gasteiger partial charge in [-0.15, -0.1) is 11.3 Å². The summed E-state index contributed by atoms with van der Waals surface area (Å²) in [5.41, 5.74) is 1.93. The Morgan fingerprint density at radius 3 is 2.91 bits per heavy atom. The molecular weight excluding hydrogens is 302 g/mol. The van der Waals surface area contributed by atoms with Crippen molar-refractivity contribution < 1.29 is 14.3 Å². The van der Waals surface area contributed by atoms with Crippen molar-refractivity contribution in [3.63, 3.8) is 0 Å². The van der Waals surface area contributed by atoms with Crippen LogP contribution in [0.15, 0.2) is 17.5 Å². The number of ether oxygens (including phenoxy) is 2. The Labute approximate surface area is 132 Å². The van der Waals surface area contributed by atoms with Crippen LogP contribution in [-0.2, 0) is 4.74 Å². The molecule has 2 aromatic rings. The van der Waals surface area contributed by atoms with E-state index in [1.165, 1.54) is 11.3 Å². The second-order valence-corrected chi connectivity index (χ2v) is 6.04. The van der Waals surface area contributed by atoms with Gasteiger partial charge in [-0.2, -0.15) is 0 Å². The number of aromatic nitrogens is 2. The Hall–Kier alpha value is -1.99. The predicted octanol–water partition coefficient (Wildman–Crippen LogP) is 2.57. The summed E-state index contributed by atoms with van der Waals surface area (Å²) in [4.78, 5) is 20.8. The minimum absolute atomic E-state index is 0.0410. The van der Waals surface area contributed by atoms with Gasteiger partial charge in [0.25, 0.3) is 5.91 Å². The van der Waals surface area contributed by atoms with Crippen LogP contribution in [0.4, 0.5) is 5.13 Å². The van der Waals surface area contributed by atoms with Gasteiger partial charge in [0.15, 0.2) is 5.13 Å². The van der Waals surface area contributed by atoms with E-state index in [0.717, 1.165) is 17.8 Å². The zero-order chi connectivity index (χ0) is 15.5. The minimum atomic E-state index is -0.287. The third kappa shape index (κ3) is 3.61. The van der Waals surface area contributed by atoms with Crippen LogP contribution in [-0.4, -0.2) is 35.2 Å². The minimum Gasteiger partial charge on any atom is -0.488 e. The molecule has 0 unspecified atom stereocenters. The smallest absolute Gasteiger partial charge is 0.276 e. The van der Waals surface area contributed by atoms with Crippen molar-refractivity contribution in [3.8, 4) is 5.75 Å². The van der Waals surface area contributed by atoms with Crippen LogP contribution in [0, 0.1) is 13.8 Å². The molecule has 22 heavy (non-hydrogen) atoms. The molecule has 116 valence electrons. The number of nitrogens with zero attached hydrogens (tertiary/aromatic N) is 2. The van der Waals surface area contributed by atoms with Crippen molar-refractivity contribution in [3.05, 3.63) is 34.6 Å². The molecule has 0 spiro atoms. The number of anilines is 1. The van der Waals surface area contributed by atoms with Crippen LogP contribution in [0.25, 0.3) is 0 Å². The Kier molecular flexibility index (Phi) is 4.35. The number of hydrogen-bond donors (Lipinski definition) is 1. The summed E-state index contributed by atoms with van der Waals surface area (Å²) in [6.45, 7) is 5.02. The largest absolute Gasteiger partial charge is 0.488 e. The third-order valence-corrected chi connectivity index (χ3v) is 4.07. The fourth-order valence-corrected chi connectivity index (χ4v) is 2.88. The lowest BCUT2D eigenvalue weighted by Crippen LogP contribution is -2.18. The van der Waals surface area contributed by atoms with Crippen LogP contribution < -0.4 is 10.1 Å². The van der Waals surface area contributed by atoms with E-state index in [2.05, 4.69) is 15.3 Å². The average Bonchev–Trinajstić information content (AvgIpc) is 3.10. The number of nitrogens with one attached hydrogen (secondary N) is 1. The lowest BCUT2D eigenvalue weighted by atomic mass is 10.2. The van der Waals surface area contributed by atoms with Crippen molar-refractivity contribution >= 4 is 22.4 Å². The van der Waals surface area contributed by atoms with Gasteiger partial charge in [-0.3, -0.25) is 10.1 Å². The Bertz CT molecular complexity index is 680. The monoisotopic (exact) mass is 319 g/mol. The number of pyridine rings is 1. The summed E-state index contributed by atoms with van der Waals surface area (Å²) in [6, 6.07) is 3.48. The highest BCUT2D eigenvalue weighted by Crippen LogP contribution is 2.20. The maximum Gasteiger partial charge on any atom is 0.276 e. The third-order valence-electron chi connectivity index (χ3n) is 3.19. The van der Waals surface area contributed by atoms with Crippen molar-refractivity contribution in [1.82, 2.24) is 9.97 Å². The molecule has 1 atom stereocenters. The fourth-order valence-electron chi connectivity index (χ4n) is 2.19. The molecular formula is C15H17N3O3S. The van der Waals surface area contributed by atoms with Crippen LogP contribution >= 0.6 is 11.3 Å². The quantitative estimate of drug-likeness (QED) is 0.937. The van der Waals surface area contributed by atoms with Gasteiger partial charge in [0.2, 0.25) is 0 Å². The van der Waals surface area contributed by atoms with Crippen LogP contribution in [0.5, 0.6) is 5.75 Å². The van der Waals surface area contributed by atoms with E-state index in [0.29, 0.717) is 29.8 Å². The van der Waals surface area contributed by atoms with Gasteiger partial charge in [0.1, 0.15) is 17.5 Å². The average molecular weight is 319 g/mol. The molecule has 1 N–H and O–H groups in total. The summed E-state index contributed by atoms with van der Waals surface area (Å²) < 4.78 is 11.1. The number of amides is 1. The first kappa shape index (κ1) is 14.9. The molecule has 0 radical (unpaired) electrons. The summed E-state index contributed by atoms with van der Waals surface area (Å²) in [7, 11) is 0. The zero-order valence-corrected chi connectivity index (χ0v) is 13.3. The molecule has 1 aliphatic rings. The van der Waals surface area contributed by atoms with E-state index in [1.54, 1.807) is 6.07 Å². The highest BCUT2D eigenvalue weighted by molar-refractivity contribution is 7.13. The molecule has 0 aliphatic carbocycles. The number of rotatable bonds is 4. The summed E-state index contributed by atoms with van der Waals surface area (Å²) in [6.07, 6.45) is 0.903. The van der Waals surface area contributed by atoms with Crippen molar-refractivity contribution in [1.29, 1.82) is 0 Å². The van der Waals surface area contributed by atoms with Crippen molar-refractivity contribution in [2.24, 2.45) is 0 Å². The Balaban J connectivity index is 1.74. The van der Waals surface area contributed by atoms with E-state index in [9.17, 15) is 4.79 Å². The summed E-state index contributed by atoms with van der Waals surface area (Å²) in [5, 5.41) is 5.20. The molecule has 3 rings (SSSR count). The van der Waals surface area contributed by atoms with E-state index in [-0.39, 0.29) is 12.0 Å². The first-order valence-electron chi connectivity index (χ1n) is 7.07. The van der Waals surface area contributed by atoms with E-state index in [4.69, 9.17) is 9.47 Å². The zero-order valence-electron chi connectivity index (χ0n) is 12.5. The molecule has 7 heteroatoms. The van der Waals surface area contributed by atoms with Gasteiger partial charge in [-0.1, -0.05) is 0 Å². The maximum atomic E-state index is 12.3. The second-order valence-electron chi connectivity index (χ2n) is 5.18. The second kappa shape index (κ2) is 6.41. The standard InChI is InChI=1S/C15H17N3O3S/c1-9-5-12(21-11-3-4-20-7-11)6-13(16-9)14(19)18-15-17-10(2)8-22-15/h5-6,8,11H,3-4,7H2,1-2H3,(H,17,18,19)/t11-/m1/s1. The van der Waals surface area contributed by atoms with Gasteiger partial charge in [0.05, 0.1) is 18.9 Å². The molecule has 0 saturated carbocycles. The number of aryl methyl sites for hydroxylation is 2. The first-order chi connectivity index (χ1) is 10.6. The van der Waals surface area contributed by atoms with E-state index >= 15 is 0 Å². The van der Waals surface area contributed by atoms with Crippen molar-refractivity contribution in [2.45, 2.75) is 26.4 Å². The number of thiazole rings is 1. The molecule has 2 aromatic heterocycles. The highest BCUT2D eigenvalue weighted by Gasteiger charge is 2.19. The number of hydrogen-bond acceptors (Lipinski definition) is 6. The predicted molar refractivity (Wildman–Crippen MR) is 83.6 cm³/mol. The summed E-state index contributed by atoms with van der Waals surface area (Å²) in [5.74, 6) is 0.356. The van der Waals surface area contributed by atoms with Crippen LogP contribution in [0.1, 0.15) is 28.3 Å². The van der Waals surface area contributed by atoms with Crippen LogP contribution in [0.2, 0.25) is 0 Å². The molecule has 1 saturated heterocycles. The van der Waals surface area contributed by atoms with Gasteiger partial charge in [0, 0.05) is 29.6 Å². The fraction of sp³-hybridized carbons (Fsp3) is 0.400. The summed E-state index contributed by atoms with van der Waals surface area (Å²) >= 11 is 1.39. The topological polar surface area (TPSA) is 73.3 Å². The lowest BCUT2D eigenvalue weighted by Gasteiger charge is -2.13. The molecule has 6 nitrogen and oxygen atoms in total. The highest BCUT2D eigenvalue weighted by atomic mass is 32.1. The molecule has 1 fully saturated rings. The molecule has 0 aromatic carbocycles. The maximum absolute atomic E-state index is 12.3. The van der Waals surface area contributed by atoms with Gasteiger partial charge in [-0.25, -0.2) is 9.97 Å². The first-order valence-corrected chi connectivity index (χ1v) is 7.95. The van der Waals surface area contributed by atoms with Gasteiger partial charge >= 0.3 is 0 Å². The van der Waals surface area contributed by atoms with Gasteiger partial charge < -0.3 is 9.47 Å². The molecule has 3 heterocycles. The van der Waals surface area contributed by atoms with E-state index < -0.39 is 0 Å². The van der Waals surface area contributed by atoms with E-state index in [1.807, 2.05) is 25.3 Å². The van der Waals surface area contributed by atoms with Crippen molar-refractivity contribution in [2.75, 3.05) is 18.5 Å². The Morgan fingerprint density at radius 1 is 1.36 bits per heavy atom. The van der Waals surface area contributed by atoms with Gasteiger partial charge in [-0.05, 0) is 13.8 Å². The van der Waals surface area contributed by atoms with Crippen LogP contribution in [0.3, 0.4) is 0 Å². The molecule has 0 bridgehead atoms. The number of carbonyl (C=O) groups is 1. The SMILES string of the molecule is Cc1cc(O[C@@H]2CCOC2)cc(C(=O)Nc2nc(C)cs2)n1. The lowest BCUT2D eigenvalue weighted by molar-refractivity contribution is 0.102. The molecule has 1 aliphatic heterocycles. The molecule has 1 amide bonds.